The maximum atomic E-state index is 12.2. The number of ether oxygens (including phenoxy) is 2. The van der Waals surface area contributed by atoms with E-state index in [2.05, 4.69) is 18.8 Å². The van der Waals surface area contributed by atoms with Crippen LogP contribution >= 0.6 is 0 Å². The van der Waals surface area contributed by atoms with Crippen LogP contribution in [-0.4, -0.2) is 19.5 Å². The fourth-order valence-corrected chi connectivity index (χ4v) is 2.38. The molecule has 0 saturated carbocycles. The van der Waals surface area contributed by atoms with Gasteiger partial charge in [-0.05, 0) is 48.7 Å². The minimum Gasteiger partial charge on any atom is -0.496 e. The first-order valence-corrected chi connectivity index (χ1v) is 8.67. The molecule has 2 aromatic rings. The summed E-state index contributed by atoms with van der Waals surface area (Å²) in [5, 5.41) is 0. The van der Waals surface area contributed by atoms with Crippen molar-refractivity contribution in [3.8, 4) is 23.3 Å². The van der Waals surface area contributed by atoms with E-state index in [-0.39, 0.29) is 5.78 Å². The molecule has 0 heterocycles. The van der Waals surface area contributed by atoms with Crippen LogP contribution in [0.4, 0.5) is 0 Å². The molecule has 0 bridgehead atoms. The van der Waals surface area contributed by atoms with E-state index in [4.69, 9.17) is 9.47 Å². The molecule has 0 aliphatic carbocycles. The topological polar surface area (TPSA) is 35.5 Å². The van der Waals surface area contributed by atoms with Gasteiger partial charge in [-0.3, -0.25) is 4.79 Å². The largest absolute Gasteiger partial charge is 0.496 e. The van der Waals surface area contributed by atoms with Gasteiger partial charge in [0.25, 0.3) is 0 Å². The van der Waals surface area contributed by atoms with E-state index in [9.17, 15) is 4.79 Å². The van der Waals surface area contributed by atoms with Crippen LogP contribution in [0.2, 0.25) is 0 Å². The van der Waals surface area contributed by atoms with Crippen LogP contribution in [0.1, 0.15) is 48.5 Å². The molecule has 130 valence electrons. The third-order valence-electron chi connectivity index (χ3n) is 3.79. The van der Waals surface area contributed by atoms with Gasteiger partial charge in [0.1, 0.15) is 11.5 Å². The standard InChI is InChI=1S/C22H24O3/c1-3-4-5-8-17-25-19-14-11-18(12-15-19)13-16-21(23)20-9-6-7-10-22(20)24-2/h6-7,9-12,14-15H,3-5,8,17H2,1-2H3. The second-order valence-corrected chi connectivity index (χ2v) is 5.71. The SMILES string of the molecule is CCCCCCOc1ccc(C#CC(=O)c2ccccc2OC)cc1. The predicted octanol–water partition coefficient (Wildman–Crippen LogP) is 4.89. The van der Waals surface area contributed by atoms with Crippen LogP contribution < -0.4 is 9.47 Å². The Hall–Kier alpha value is -2.73. The van der Waals surface area contributed by atoms with Gasteiger partial charge >= 0.3 is 0 Å². The Labute approximate surface area is 150 Å². The molecule has 0 aliphatic rings. The van der Waals surface area contributed by atoms with Crippen LogP contribution in [-0.2, 0) is 0 Å². The zero-order valence-electron chi connectivity index (χ0n) is 14.9. The summed E-state index contributed by atoms with van der Waals surface area (Å²) in [7, 11) is 1.54. The molecular formula is C22H24O3. The zero-order chi connectivity index (χ0) is 17.9. The molecule has 0 aliphatic heterocycles. The van der Waals surface area contributed by atoms with Crippen molar-refractivity contribution in [1.29, 1.82) is 0 Å². The minimum atomic E-state index is -0.256. The summed E-state index contributed by atoms with van der Waals surface area (Å²) in [6, 6.07) is 14.6. The number of Topliss-reactive ketones (excluding diaryl/α,β-unsaturated/α-hetero) is 1. The van der Waals surface area contributed by atoms with Crippen molar-refractivity contribution in [1.82, 2.24) is 0 Å². The van der Waals surface area contributed by atoms with Gasteiger partial charge in [-0.25, -0.2) is 0 Å². The Kier molecular flexibility index (Phi) is 7.59. The summed E-state index contributed by atoms with van der Waals surface area (Å²) in [5.74, 6) is 6.67. The molecule has 0 atom stereocenters. The van der Waals surface area contributed by atoms with E-state index < -0.39 is 0 Å². The van der Waals surface area contributed by atoms with Crippen molar-refractivity contribution < 1.29 is 14.3 Å². The highest BCUT2D eigenvalue weighted by Crippen LogP contribution is 2.17. The fourth-order valence-electron chi connectivity index (χ4n) is 2.38. The summed E-state index contributed by atoms with van der Waals surface area (Å²) in [6.45, 7) is 2.93. The number of ketones is 1. The van der Waals surface area contributed by atoms with Crippen LogP contribution in [0.15, 0.2) is 48.5 Å². The normalized spacial score (nSPS) is 9.84. The Morgan fingerprint density at radius 2 is 1.76 bits per heavy atom. The van der Waals surface area contributed by atoms with Crippen molar-refractivity contribution in [2.24, 2.45) is 0 Å². The fraction of sp³-hybridized carbons (Fsp3) is 0.318. The lowest BCUT2D eigenvalue weighted by Gasteiger charge is -2.05. The first kappa shape index (κ1) is 18.6. The van der Waals surface area contributed by atoms with Crippen molar-refractivity contribution in [3.05, 3.63) is 59.7 Å². The van der Waals surface area contributed by atoms with Gasteiger partial charge in [0.05, 0.1) is 19.3 Å². The number of hydrogen-bond donors (Lipinski definition) is 0. The first-order chi connectivity index (χ1) is 12.2. The Morgan fingerprint density at radius 3 is 2.48 bits per heavy atom. The highest BCUT2D eigenvalue weighted by molar-refractivity contribution is 6.11. The third-order valence-corrected chi connectivity index (χ3v) is 3.79. The lowest BCUT2D eigenvalue weighted by atomic mass is 10.1. The molecule has 3 nitrogen and oxygen atoms in total. The third kappa shape index (κ3) is 6.00. The van der Waals surface area contributed by atoms with E-state index in [0.717, 1.165) is 24.3 Å². The molecule has 0 saturated heterocycles. The average Bonchev–Trinajstić information content (AvgIpc) is 2.66. The van der Waals surface area contributed by atoms with Crippen molar-refractivity contribution in [3.63, 3.8) is 0 Å². The summed E-state index contributed by atoms with van der Waals surface area (Å²) in [4.78, 5) is 12.2. The van der Waals surface area contributed by atoms with Crippen molar-refractivity contribution in [2.75, 3.05) is 13.7 Å². The number of unbranched alkanes of at least 4 members (excludes halogenated alkanes) is 3. The molecule has 25 heavy (non-hydrogen) atoms. The average molecular weight is 336 g/mol. The lowest BCUT2D eigenvalue weighted by Crippen LogP contribution is -1.99. The number of carbonyl (C=O) groups is 1. The highest BCUT2D eigenvalue weighted by atomic mass is 16.5. The van der Waals surface area contributed by atoms with Gasteiger partial charge in [0, 0.05) is 5.56 Å². The molecular weight excluding hydrogens is 312 g/mol. The van der Waals surface area contributed by atoms with Gasteiger partial charge < -0.3 is 9.47 Å². The quantitative estimate of drug-likeness (QED) is 0.391. The van der Waals surface area contributed by atoms with E-state index in [1.807, 2.05) is 30.3 Å². The number of carbonyl (C=O) groups excluding carboxylic acids is 1. The number of methoxy groups -OCH3 is 1. The maximum absolute atomic E-state index is 12.2. The minimum absolute atomic E-state index is 0.256. The van der Waals surface area contributed by atoms with Crippen LogP contribution in [0.25, 0.3) is 0 Å². The second kappa shape index (κ2) is 10.2. The molecule has 0 N–H and O–H groups in total. The van der Waals surface area contributed by atoms with Crippen LogP contribution in [0, 0.1) is 11.8 Å². The second-order valence-electron chi connectivity index (χ2n) is 5.71. The molecule has 0 radical (unpaired) electrons. The molecule has 0 spiro atoms. The Bertz CT molecular complexity index is 736. The van der Waals surface area contributed by atoms with Gasteiger partial charge in [-0.1, -0.05) is 44.2 Å². The van der Waals surface area contributed by atoms with E-state index in [1.54, 1.807) is 25.3 Å². The van der Waals surface area contributed by atoms with Gasteiger partial charge in [0.15, 0.2) is 0 Å². The maximum Gasteiger partial charge on any atom is 0.239 e. The Balaban J connectivity index is 1.93. The lowest BCUT2D eigenvalue weighted by molar-refractivity contribution is 0.105. The number of benzene rings is 2. The first-order valence-electron chi connectivity index (χ1n) is 8.67. The molecule has 0 fully saturated rings. The zero-order valence-corrected chi connectivity index (χ0v) is 14.9. The number of para-hydroxylation sites is 1. The molecule has 0 unspecified atom stereocenters. The summed E-state index contributed by atoms with van der Waals surface area (Å²) < 4.78 is 10.9. The van der Waals surface area contributed by atoms with Gasteiger partial charge in [0.2, 0.25) is 5.78 Å². The monoisotopic (exact) mass is 336 g/mol. The van der Waals surface area contributed by atoms with Crippen molar-refractivity contribution in [2.45, 2.75) is 32.6 Å². The molecule has 3 heteroatoms. The number of rotatable bonds is 8. The molecule has 0 amide bonds. The summed E-state index contributed by atoms with van der Waals surface area (Å²) in [5.41, 5.74) is 1.26. The summed E-state index contributed by atoms with van der Waals surface area (Å²) in [6.07, 6.45) is 4.74. The highest BCUT2D eigenvalue weighted by Gasteiger charge is 2.08. The predicted molar refractivity (Wildman–Crippen MR) is 100 cm³/mol. The van der Waals surface area contributed by atoms with E-state index in [0.29, 0.717) is 11.3 Å². The molecule has 0 aromatic heterocycles. The summed E-state index contributed by atoms with van der Waals surface area (Å²) >= 11 is 0. The van der Waals surface area contributed by atoms with Crippen LogP contribution in [0.3, 0.4) is 0 Å². The van der Waals surface area contributed by atoms with E-state index in [1.165, 1.54) is 19.3 Å². The van der Waals surface area contributed by atoms with Gasteiger partial charge in [-0.15, -0.1) is 0 Å². The number of hydrogen-bond acceptors (Lipinski definition) is 3. The molecule has 2 rings (SSSR count). The van der Waals surface area contributed by atoms with Gasteiger partial charge in [-0.2, -0.15) is 0 Å². The van der Waals surface area contributed by atoms with E-state index >= 15 is 0 Å². The molecule has 2 aromatic carbocycles. The Morgan fingerprint density at radius 1 is 1.00 bits per heavy atom. The van der Waals surface area contributed by atoms with Crippen molar-refractivity contribution >= 4 is 5.78 Å². The van der Waals surface area contributed by atoms with Crippen LogP contribution in [0.5, 0.6) is 11.5 Å². The smallest absolute Gasteiger partial charge is 0.239 e.